The van der Waals surface area contributed by atoms with Crippen LogP contribution >= 0.6 is 0 Å². The minimum atomic E-state index is -0.552. The van der Waals surface area contributed by atoms with Crippen LogP contribution in [0.1, 0.15) is 37.3 Å². The average Bonchev–Trinajstić information content (AvgIpc) is 3.14. The largest absolute Gasteiger partial charge is 0.346 e. The zero-order chi connectivity index (χ0) is 18.5. The number of rotatable bonds is 5. The molecule has 2 aromatic rings. The summed E-state index contributed by atoms with van der Waals surface area (Å²) in [6.45, 7) is 0.387. The summed E-state index contributed by atoms with van der Waals surface area (Å²) in [4.78, 5) is 26.4. The topological polar surface area (TPSA) is 61.4 Å². The highest BCUT2D eigenvalue weighted by Crippen LogP contribution is 2.26. The maximum Gasteiger partial charge on any atom is 0.309 e. The Hall–Kier alpha value is -2.40. The molecule has 5 heteroatoms. The third kappa shape index (κ3) is 4.22. The quantitative estimate of drug-likeness (QED) is 0.813. The van der Waals surface area contributed by atoms with Gasteiger partial charge in [-0.1, -0.05) is 55.3 Å². The van der Waals surface area contributed by atoms with Gasteiger partial charge in [-0.15, -0.1) is 0 Å². The molecule has 2 N–H and O–H groups in total. The van der Waals surface area contributed by atoms with Crippen LogP contribution in [0.4, 0.5) is 0 Å². The van der Waals surface area contributed by atoms with E-state index in [0.29, 0.717) is 6.54 Å². The molecule has 2 amide bonds. The van der Waals surface area contributed by atoms with Gasteiger partial charge in [0.15, 0.2) is 0 Å². The zero-order valence-corrected chi connectivity index (χ0v) is 15.5. The molecule has 138 valence electrons. The van der Waals surface area contributed by atoms with E-state index in [1.807, 2.05) is 32.3 Å². The SMILES string of the molecule is CN(C)C(CNC(=O)C(=O)NC1CCCC1)c1cccc2ccccc12. The Kier molecular flexibility index (Phi) is 5.89. The molecular weight excluding hydrogens is 326 g/mol. The molecule has 1 atom stereocenters. The molecule has 0 saturated heterocycles. The number of likely N-dealkylation sites (N-methyl/N-ethyl adjacent to an activating group) is 1. The van der Waals surface area contributed by atoms with Crippen LogP contribution in [0.3, 0.4) is 0 Å². The van der Waals surface area contributed by atoms with E-state index in [4.69, 9.17) is 0 Å². The van der Waals surface area contributed by atoms with Crippen LogP contribution in [-0.4, -0.2) is 43.4 Å². The van der Waals surface area contributed by atoms with Crippen LogP contribution in [0.25, 0.3) is 10.8 Å². The van der Waals surface area contributed by atoms with Crippen molar-refractivity contribution in [3.05, 3.63) is 48.0 Å². The van der Waals surface area contributed by atoms with E-state index >= 15 is 0 Å². The molecule has 1 aliphatic carbocycles. The smallest absolute Gasteiger partial charge is 0.309 e. The fraction of sp³-hybridized carbons (Fsp3) is 0.429. The van der Waals surface area contributed by atoms with Crippen molar-refractivity contribution in [1.82, 2.24) is 15.5 Å². The standard InChI is InChI=1S/C21H27N3O2/c1-24(2)19(18-13-7-9-15-8-3-6-12-17(15)18)14-22-20(25)21(26)23-16-10-4-5-11-16/h3,6-9,12-13,16,19H,4-5,10-11,14H2,1-2H3,(H,22,25)(H,23,26). The Balaban J connectivity index is 1.68. The number of nitrogens with zero attached hydrogens (tertiary/aromatic N) is 1. The van der Waals surface area contributed by atoms with E-state index in [0.717, 1.165) is 31.2 Å². The van der Waals surface area contributed by atoms with E-state index in [1.165, 1.54) is 10.8 Å². The highest BCUT2D eigenvalue weighted by Gasteiger charge is 2.23. The summed E-state index contributed by atoms with van der Waals surface area (Å²) >= 11 is 0. The molecule has 0 heterocycles. The normalized spacial score (nSPS) is 16.0. The van der Waals surface area contributed by atoms with Crippen LogP contribution in [0, 0.1) is 0 Å². The minimum Gasteiger partial charge on any atom is -0.346 e. The summed E-state index contributed by atoms with van der Waals surface area (Å²) < 4.78 is 0. The third-order valence-electron chi connectivity index (χ3n) is 5.16. The molecule has 2 aromatic carbocycles. The van der Waals surface area contributed by atoms with Gasteiger partial charge in [0.25, 0.3) is 0 Å². The molecule has 0 radical (unpaired) electrons. The molecule has 0 spiro atoms. The molecule has 0 aliphatic heterocycles. The van der Waals surface area contributed by atoms with Crippen molar-refractivity contribution < 1.29 is 9.59 Å². The van der Waals surface area contributed by atoms with Crippen LogP contribution in [-0.2, 0) is 9.59 Å². The number of carbonyl (C=O) groups is 2. The Labute approximate surface area is 154 Å². The van der Waals surface area contributed by atoms with Gasteiger partial charge in [-0.3, -0.25) is 9.59 Å². The summed E-state index contributed by atoms with van der Waals surface area (Å²) in [5.41, 5.74) is 1.14. The monoisotopic (exact) mass is 353 g/mol. The Bertz CT molecular complexity index is 776. The van der Waals surface area contributed by atoms with E-state index < -0.39 is 11.8 Å². The number of carbonyl (C=O) groups excluding carboxylic acids is 2. The number of benzene rings is 2. The lowest BCUT2D eigenvalue weighted by atomic mass is 9.98. The van der Waals surface area contributed by atoms with Gasteiger partial charge >= 0.3 is 11.8 Å². The molecule has 0 aromatic heterocycles. The summed E-state index contributed by atoms with van der Waals surface area (Å²) in [6.07, 6.45) is 4.18. The van der Waals surface area contributed by atoms with E-state index in [1.54, 1.807) is 0 Å². The van der Waals surface area contributed by atoms with E-state index in [-0.39, 0.29) is 12.1 Å². The predicted octanol–water partition coefficient (Wildman–Crippen LogP) is 2.62. The van der Waals surface area contributed by atoms with Crippen molar-refractivity contribution in [2.45, 2.75) is 37.8 Å². The summed E-state index contributed by atoms with van der Waals surface area (Å²) in [5.74, 6) is -1.07. The first-order valence-corrected chi connectivity index (χ1v) is 9.29. The summed E-state index contributed by atoms with van der Waals surface area (Å²) in [6, 6.07) is 14.5. The second-order valence-corrected chi connectivity index (χ2v) is 7.21. The highest BCUT2D eigenvalue weighted by molar-refractivity contribution is 6.35. The average molecular weight is 353 g/mol. The van der Waals surface area contributed by atoms with Gasteiger partial charge in [0.05, 0.1) is 6.04 Å². The molecule has 1 fully saturated rings. The number of amides is 2. The van der Waals surface area contributed by atoms with Crippen molar-refractivity contribution in [2.24, 2.45) is 0 Å². The molecule has 0 bridgehead atoms. The predicted molar refractivity (Wildman–Crippen MR) is 104 cm³/mol. The molecule has 3 rings (SSSR count). The van der Waals surface area contributed by atoms with Crippen molar-refractivity contribution in [1.29, 1.82) is 0 Å². The van der Waals surface area contributed by atoms with Gasteiger partial charge in [0.1, 0.15) is 0 Å². The van der Waals surface area contributed by atoms with Crippen molar-refractivity contribution in [3.8, 4) is 0 Å². The van der Waals surface area contributed by atoms with Gasteiger partial charge in [0, 0.05) is 12.6 Å². The lowest BCUT2D eigenvalue weighted by molar-refractivity contribution is -0.139. The van der Waals surface area contributed by atoms with E-state index in [2.05, 4.69) is 39.8 Å². The second kappa shape index (κ2) is 8.32. The highest BCUT2D eigenvalue weighted by atomic mass is 16.2. The van der Waals surface area contributed by atoms with Crippen molar-refractivity contribution >= 4 is 22.6 Å². The fourth-order valence-electron chi connectivity index (χ4n) is 3.70. The van der Waals surface area contributed by atoms with Crippen LogP contribution in [0.5, 0.6) is 0 Å². The second-order valence-electron chi connectivity index (χ2n) is 7.21. The molecule has 1 aliphatic rings. The lowest BCUT2D eigenvalue weighted by Gasteiger charge is -2.26. The van der Waals surface area contributed by atoms with Gasteiger partial charge < -0.3 is 15.5 Å². The molecule has 1 unspecified atom stereocenters. The number of hydrogen-bond donors (Lipinski definition) is 2. The molecule has 5 nitrogen and oxygen atoms in total. The molecular formula is C21H27N3O2. The van der Waals surface area contributed by atoms with Gasteiger partial charge in [-0.2, -0.15) is 0 Å². The minimum absolute atomic E-state index is 0.00988. The zero-order valence-electron chi connectivity index (χ0n) is 15.5. The summed E-state index contributed by atoms with van der Waals surface area (Å²) in [7, 11) is 3.97. The van der Waals surface area contributed by atoms with Crippen LogP contribution < -0.4 is 10.6 Å². The lowest BCUT2D eigenvalue weighted by Crippen LogP contribution is -2.45. The first kappa shape index (κ1) is 18.4. The Morgan fingerprint density at radius 3 is 2.46 bits per heavy atom. The third-order valence-corrected chi connectivity index (χ3v) is 5.16. The molecule has 26 heavy (non-hydrogen) atoms. The Morgan fingerprint density at radius 2 is 1.73 bits per heavy atom. The first-order chi connectivity index (χ1) is 12.6. The summed E-state index contributed by atoms with van der Waals surface area (Å²) in [5, 5.41) is 7.98. The maximum absolute atomic E-state index is 12.2. The maximum atomic E-state index is 12.2. The van der Waals surface area contributed by atoms with Gasteiger partial charge in [0.2, 0.25) is 0 Å². The number of fused-ring (bicyclic) bond motifs is 1. The first-order valence-electron chi connectivity index (χ1n) is 9.29. The van der Waals surface area contributed by atoms with Gasteiger partial charge in [-0.25, -0.2) is 0 Å². The number of nitrogens with one attached hydrogen (secondary N) is 2. The van der Waals surface area contributed by atoms with Gasteiger partial charge in [-0.05, 0) is 43.3 Å². The Morgan fingerprint density at radius 1 is 1.04 bits per heavy atom. The number of hydrogen-bond acceptors (Lipinski definition) is 3. The van der Waals surface area contributed by atoms with Crippen molar-refractivity contribution in [2.75, 3.05) is 20.6 Å². The van der Waals surface area contributed by atoms with Crippen LogP contribution in [0.15, 0.2) is 42.5 Å². The molecule has 1 saturated carbocycles. The fourth-order valence-corrected chi connectivity index (χ4v) is 3.70. The van der Waals surface area contributed by atoms with E-state index in [9.17, 15) is 9.59 Å². The van der Waals surface area contributed by atoms with Crippen molar-refractivity contribution in [3.63, 3.8) is 0 Å². The van der Waals surface area contributed by atoms with Crippen LogP contribution in [0.2, 0.25) is 0 Å².